The molecule has 0 heterocycles. The Hall–Kier alpha value is -0.0831. The maximum Gasteiger partial charge on any atom is 0.0682 e. The van der Waals surface area contributed by atoms with Crippen LogP contribution < -0.4 is 5.32 Å². The molecule has 2 heteroatoms. The summed E-state index contributed by atoms with van der Waals surface area (Å²) < 4.78 is 0. The van der Waals surface area contributed by atoms with Crippen LogP contribution in [0.3, 0.4) is 0 Å². The van der Waals surface area contributed by atoms with E-state index in [1.54, 1.807) is 0 Å². The molecule has 0 aromatic heterocycles. The second-order valence-electron chi connectivity index (χ2n) is 4.86. The average molecular weight is 199 g/mol. The van der Waals surface area contributed by atoms with E-state index in [1.165, 1.54) is 12.8 Å². The van der Waals surface area contributed by atoms with Crippen molar-refractivity contribution in [1.29, 1.82) is 0 Å². The normalized spacial score (nSPS) is 15.2. The molecule has 0 rings (SSSR count). The van der Waals surface area contributed by atoms with E-state index >= 15 is 0 Å². The molecule has 0 amide bonds. The van der Waals surface area contributed by atoms with Gasteiger partial charge in [-0.2, -0.15) is 0 Å². The maximum atomic E-state index is 3.48. The highest BCUT2D eigenvalue weighted by Gasteiger charge is 2.06. The van der Waals surface area contributed by atoms with Gasteiger partial charge >= 0.3 is 0 Å². The fraction of sp³-hybridized carbons (Fsp3) is 0.818. The van der Waals surface area contributed by atoms with Crippen LogP contribution in [0.2, 0.25) is 19.6 Å². The molecule has 1 unspecified atom stereocenters. The van der Waals surface area contributed by atoms with Gasteiger partial charge in [-0.05, 0) is 26.3 Å². The first kappa shape index (κ1) is 12.9. The predicted octanol–water partition coefficient (Wildman–Crippen LogP) is 3.20. The highest BCUT2D eigenvalue weighted by Crippen LogP contribution is 2.03. The van der Waals surface area contributed by atoms with Crippen LogP contribution in [0.1, 0.15) is 26.7 Å². The van der Waals surface area contributed by atoms with Crippen LogP contribution in [0, 0.1) is 0 Å². The molecule has 0 radical (unpaired) electrons. The zero-order chi connectivity index (χ0) is 10.3. The van der Waals surface area contributed by atoms with Gasteiger partial charge in [-0.3, -0.25) is 0 Å². The molecule has 0 aliphatic rings. The molecule has 0 aliphatic carbocycles. The first-order valence-corrected chi connectivity index (χ1v) is 8.94. The van der Waals surface area contributed by atoms with Crippen LogP contribution >= 0.6 is 0 Å². The standard InChI is InChI=1S/C11H25NSi/c1-6-9-12-11(2)8-7-10-13(3,4)5/h7,10-12H,6,8-9H2,1-5H3/b10-7-. The monoisotopic (exact) mass is 199 g/mol. The Morgan fingerprint density at radius 1 is 1.31 bits per heavy atom. The summed E-state index contributed by atoms with van der Waals surface area (Å²) in [5.41, 5.74) is 2.43. The van der Waals surface area contributed by atoms with E-state index < -0.39 is 8.07 Å². The zero-order valence-corrected chi connectivity index (χ0v) is 10.9. The fourth-order valence-corrected chi connectivity index (χ4v) is 1.94. The minimum absolute atomic E-state index is 0.632. The van der Waals surface area contributed by atoms with Crippen LogP contribution in [-0.2, 0) is 0 Å². The molecule has 1 nitrogen and oxygen atoms in total. The van der Waals surface area contributed by atoms with Crippen molar-refractivity contribution in [1.82, 2.24) is 5.32 Å². The summed E-state index contributed by atoms with van der Waals surface area (Å²) in [4.78, 5) is 0. The quantitative estimate of drug-likeness (QED) is 0.648. The topological polar surface area (TPSA) is 12.0 Å². The molecule has 78 valence electrons. The summed E-state index contributed by atoms with van der Waals surface area (Å²) in [5, 5.41) is 3.48. The molecule has 13 heavy (non-hydrogen) atoms. The number of hydrogen-bond donors (Lipinski definition) is 1. The third kappa shape index (κ3) is 9.83. The number of rotatable bonds is 6. The van der Waals surface area contributed by atoms with Gasteiger partial charge in [0.05, 0.1) is 8.07 Å². The Labute approximate surface area is 84.6 Å². The smallest absolute Gasteiger partial charge is 0.0682 e. The molecule has 0 saturated carbocycles. The second kappa shape index (κ2) is 6.38. The number of nitrogens with one attached hydrogen (secondary N) is 1. The summed E-state index contributed by atoms with van der Waals surface area (Å²) in [6, 6.07) is 0.632. The van der Waals surface area contributed by atoms with E-state index in [1.807, 2.05) is 0 Å². The lowest BCUT2D eigenvalue weighted by Gasteiger charge is -2.12. The van der Waals surface area contributed by atoms with Crippen LogP contribution in [0.25, 0.3) is 0 Å². The lowest BCUT2D eigenvalue weighted by molar-refractivity contribution is 0.551. The summed E-state index contributed by atoms with van der Waals surface area (Å²) in [5.74, 6) is 0. The van der Waals surface area contributed by atoms with Gasteiger partial charge in [0, 0.05) is 6.04 Å². The first-order chi connectivity index (χ1) is 5.95. The minimum atomic E-state index is -0.964. The van der Waals surface area contributed by atoms with Gasteiger partial charge < -0.3 is 5.32 Å². The van der Waals surface area contributed by atoms with Crippen LogP contribution in [0.4, 0.5) is 0 Å². The third-order valence-electron chi connectivity index (χ3n) is 1.85. The second-order valence-corrected chi connectivity index (χ2v) is 9.92. The third-order valence-corrected chi connectivity index (χ3v) is 3.09. The van der Waals surface area contributed by atoms with Crippen LogP contribution in [0.15, 0.2) is 11.8 Å². The van der Waals surface area contributed by atoms with Gasteiger partial charge in [0.25, 0.3) is 0 Å². The van der Waals surface area contributed by atoms with Gasteiger partial charge in [-0.15, -0.1) is 0 Å². The predicted molar refractivity (Wildman–Crippen MR) is 64.9 cm³/mol. The van der Waals surface area contributed by atoms with Crippen molar-refractivity contribution < 1.29 is 0 Å². The van der Waals surface area contributed by atoms with Crippen molar-refractivity contribution in [3.8, 4) is 0 Å². The van der Waals surface area contributed by atoms with Crippen LogP contribution in [-0.4, -0.2) is 20.7 Å². The molecule has 0 aromatic rings. The van der Waals surface area contributed by atoms with Gasteiger partial charge in [-0.25, -0.2) is 0 Å². The molecule has 0 spiro atoms. The summed E-state index contributed by atoms with van der Waals surface area (Å²) in [7, 11) is -0.964. The molecular weight excluding hydrogens is 174 g/mol. The summed E-state index contributed by atoms with van der Waals surface area (Å²) in [6.45, 7) is 12.7. The van der Waals surface area contributed by atoms with Crippen molar-refractivity contribution in [3.05, 3.63) is 11.8 Å². The molecule has 0 bridgehead atoms. The van der Waals surface area contributed by atoms with Gasteiger partial charge in [0.15, 0.2) is 0 Å². The lowest BCUT2D eigenvalue weighted by Crippen LogP contribution is -2.26. The maximum absolute atomic E-state index is 3.48. The zero-order valence-electron chi connectivity index (χ0n) is 9.85. The summed E-state index contributed by atoms with van der Waals surface area (Å²) >= 11 is 0. The number of hydrogen-bond acceptors (Lipinski definition) is 1. The molecule has 0 aliphatic heterocycles. The Bertz CT molecular complexity index is 147. The highest BCUT2D eigenvalue weighted by atomic mass is 28.3. The van der Waals surface area contributed by atoms with Crippen molar-refractivity contribution >= 4 is 8.07 Å². The van der Waals surface area contributed by atoms with Gasteiger partial charge in [0.1, 0.15) is 0 Å². The van der Waals surface area contributed by atoms with Gasteiger partial charge in [-0.1, -0.05) is 38.3 Å². The largest absolute Gasteiger partial charge is 0.314 e. The van der Waals surface area contributed by atoms with E-state index in [9.17, 15) is 0 Å². The molecule has 0 saturated heterocycles. The minimum Gasteiger partial charge on any atom is -0.314 e. The van der Waals surface area contributed by atoms with E-state index in [-0.39, 0.29) is 0 Å². The van der Waals surface area contributed by atoms with Crippen molar-refractivity contribution in [2.75, 3.05) is 6.54 Å². The van der Waals surface area contributed by atoms with Gasteiger partial charge in [0.2, 0.25) is 0 Å². The molecule has 0 aromatic carbocycles. The fourth-order valence-electron chi connectivity index (χ4n) is 1.10. The van der Waals surface area contributed by atoms with Crippen molar-refractivity contribution in [2.45, 2.75) is 52.4 Å². The first-order valence-electron chi connectivity index (χ1n) is 5.37. The molecule has 0 fully saturated rings. The van der Waals surface area contributed by atoms with E-state index in [2.05, 4.69) is 50.6 Å². The molecule has 1 N–H and O–H groups in total. The van der Waals surface area contributed by atoms with Crippen molar-refractivity contribution in [2.24, 2.45) is 0 Å². The Morgan fingerprint density at radius 3 is 2.38 bits per heavy atom. The molecule has 1 atom stereocenters. The Balaban J connectivity index is 3.57. The van der Waals surface area contributed by atoms with E-state index in [0.29, 0.717) is 6.04 Å². The van der Waals surface area contributed by atoms with E-state index in [0.717, 1.165) is 6.54 Å². The highest BCUT2D eigenvalue weighted by molar-refractivity contribution is 6.80. The Morgan fingerprint density at radius 2 is 1.92 bits per heavy atom. The average Bonchev–Trinajstić information content (AvgIpc) is 1.98. The Kier molecular flexibility index (Phi) is 6.34. The van der Waals surface area contributed by atoms with Crippen LogP contribution in [0.5, 0.6) is 0 Å². The SMILES string of the molecule is CCCNC(C)C/C=C\[Si](C)(C)C. The van der Waals surface area contributed by atoms with E-state index in [4.69, 9.17) is 0 Å². The lowest BCUT2D eigenvalue weighted by atomic mass is 10.2. The summed E-state index contributed by atoms with van der Waals surface area (Å²) in [6.07, 6.45) is 4.74. The molecular formula is C11H25NSi. The van der Waals surface area contributed by atoms with Crippen molar-refractivity contribution in [3.63, 3.8) is 0 Å².